The van der Waals surface area contributed by atoms with E-state index in [9.17, 15) is 18.0 Å². The molecule has 7 nitrogen and oxygen atoms in total. The molecule has 0 radical (unpaired) electrons. The normalized spacial score (nSPS) is 12.2. The number of carbonyl (C=O) groups is 2. The fraction of sp³-hybridized carbons (Fsp3) is 0.391. The first-order valence-electron chi connectivity index (χ1n) is 10.4. The summed E-state index contributed by atoms with van der Waals surface area (Å²) in [5.74, 6) is -0.880. The van der Waals surface area contributed by atoms with Crippen molar-refractivity contribution in [2.24, 2.45) is 0 Å². The average Bonchev–Trinajstić information content (AvgIpc) is 2.71. The van der Waals surface area contributed by atoms with Crippen molar-refractivity contribution < 1.29 is 18.0 Å². The number of carbonyl (C=O) groups excluding carboxylic acids is 2. The number of nitrogens with one attached hydrogen (secondary N) is 1. The molecule has 0 saturated heterocycles. The number of amides is 2. The van der Waals surface area contributed by atoms with Crippen molar-refractivity contribution in [2.45, 2.75) is 39.8 Å². The van der Waals surface area contributed by atoms with Gasteiger partial charge in [0, 0.05) is 23.6 Å². The molecule has 0 fully saturated rings. The molecule has 2 aromatic rings. The van der Waals surface area contributed by atoms with Crippen LogP contribution in [0.4, 0.5) is 5.69 Å². The minimum Gasteiger partial charge on any atom is -0.357 e. The molecule has 1 N–H and O–H groups in total. The molecule has 0 aromatic heterocycles. The third-order valence-electron chi connectivity index (χ3n) is 5.16. The fourth-order valence-corrected chi connectivity index (χ4v) is 4.93. The standard InChI is InChI=1S/C23H29Cl2N3O4S/c1-6-21(23(30)26-4)27(13-17-7-8-18(24)12-20(17)25)22(29)14-28(33(5,31)32)19-10-15(2)9-16(3)11-19/h7-12,21H,6,13-14H2,1-5H3,(H,26,30)/t21-/m0/s1. The van der Waals surface area contributed by atoms with E-state index in [1.165, 1.54) is 11.9 Å². The predicted octanol–water partition coefficient (Wildman–Crippen LogP) is 3.93. The molecule has 2 aromatic carbocycles. The van der Waals surface area contributed by atoms with Gasteiger partial charge >= 0.3 is 0 Å². The maximum atomic E-state index is 13.5. The van der Waals surface area contributed by atoms with Crippen LogP contribution in [0.1, 0.15) is 30.0 Å². The Morgan fingerprint density at radius 2 is 1.67 bits per heavy atom. The van der Waals surface area contributed by atoms with Gasteiger partial charge in [0.05, 0.1) is 11.9 Å². The Kier molecular flexibility index (Phi) is 9.17. The van der Waals surface area contributed by atoms with Crippen LogP contribution in [-0.4, -0.2) is 51.0 Å². The van der Waals surface area contributed by atoms with Crippen LogP contribution in [0.25, 0.3) is 0 Å². The number of benzene rings is 2. The highest BCUT2D eigenvalue weighted by Crippen LogP contribution is 2.25. The van der Waals surface area contributed by atoms with Gasteiger partial charge < -0.3 is 10.2 Å². The first-order valence-corrected chi connectivity index (χ1v) is 13.0. The Labute approximate surface area is 205 Å². The van der Waals surface area contributed by atoms with E-state index in [-0.39, 0.29) is 12.5 Å². The van der Waals surface area contributed by atoms with E-state index in [0.29, 0.717) is 27.7 Å². The molecule has 2 amide bonds. The third-order valence-corrected chi connectivity index (χ3v) is 6.89. The molecule has 0 aliphatic carbocycles. The number of halogens is 2. The van der Waals surface area contributed by atoms with Crippen LogP contribution in [0.3, 0.4) is 0 Å². The highest BCUT2D eigenvalue weighted by molar-refractivity contribution is 7.92. The zero-order chi connectivity index (χ0) is 24.9. The summed E-state index contributed by atoms with van der Waals surface area (Å²) in [5, 5.41) is 3.36. The second-order valence-electron chi connectivity index (χ2n) is 7.91. The molecule has 0 spiro atoms. The number of hydrogen-bond donors (Lipinski definition) is 1. The van der Waals surface area contributed by atoms with Gasteiger partial charge in [0.2, 0.25) is 21.8 Å². The van der Waals surface area contributed by atoms with Crippen LogP contribution in [0, 0.1) is 13.8 Å². The summed E-state index contributed by atoms with van der Waals surface area (Å²) in [6, 6.07) is 9.40. The fourth-order valence-electron chi connectivity index (χ4n) is 3.63. The quantitative estimate of drug-likeness (QED) is 0.550. The van der Waals surface area contributed by atoms with Gasteiger partial charge in [-0.3, -0.25) is 13.9 Å². The van der Waals surface area contributed by atoms with Crippen molar-refractivity contribution in [3.05, 3.63) is 63.1 Å². The summed E-state index contributed by atoms with van der Waals surface area (Å²) in [6.07, 6.45) is 1.38. The molecule has 0 aliphatic rings. The maximum Gasteiger partial charge on any atom is 0.244 e. The van der Waals surface area contributed by atoms with Gasteiger partial charge in [-0.15, -0.1) is 0 Å². The average molecular weight is 514 g/mol. The number of likely N-dealkylation sites (N-methyl/N-ethyl adjacent to an activating group) is 1. The summed E-state index contributed by atoms with van der Waals surface area (Å²) in [7, 11) is -2.30. The van der Waals surface area contributed by atoms with E-state index in [1.807, 2.05) is 19.9 Å². The molecule has 10 heteroatoms. The van der Waals surface area contributed by atoms with Crippen LogP contribution in [0.2, 0.25) is 10.0 Å². The van der Waals surface area contributed by atoms with Gasteiger partial charge in [0.1, 0.15) is 12.6 Å². The number of rotatable bonds is 9. The molecular formula is C23H29Cl2N3O4S. The second-order valence-corrected chi connectivity index (χ2v) is 10.7. The predicted molar refractivity (Wildman–Crippen MR) is 133 cm³/mol. The van der Waals surface area contributed by atoms with E-state index in [1.54, 1.807) is 37.3 Å². The second kappa shape index (κ2) is 11.2. The lowest BCUT2D eigenvalue weighted by atomic mass is 10.1. The molecular weight excluding hydrogens is 485 g/mol. The van der Waals surface area contributed by atoms with Crippen LogP contribution < -0.4 is 9.62 Å². The molecule has 0 unspecified atom stereocenters. The molecule has 2 rings (SSSR count). The van der Waals surface area contributed by atoms with Gasteiger partial charge in [0.25, 0.3) is 0 Å². The summed E-state index contributed by atoms with van der Waals surface area (Å²) in [5.41, 5.74) is 2.72. The maximum absolute atomic E-state index is 13.5. The highest BCUT2D eigenvalue weighted by Gasteiger charge is 2.31. The third kappa shape index (κ3) is 7.09. The topological polar surface area (TPSA) is 86.8 Å². The summed E-state index contributed by atoms with van der Waals surface area (Å²) in [4.78, 5) is 27.4. The molecule has 1 atom stereocenters. The van der Waals surface area contributed by atoms with Crippen LogP contribution >= 0.6 is 23.2 Å². The SMILES string of the molecule is CC[C@@H](C(=O)NC)N(Cc1ccc(Cl)cc1Cl)C(=O)CN(c1cc(C)cc(C)c1)S(C)(=O)=O. The Bertz CT molecular complexity index is 1120. The van der Waals surface area contributed by atoms with E-state index in [2.05, 4.69) is 5.32 Å². The first-order chi connectivity index (χ1) is 15.4. The molecule has 0 bridgehead atoms. The van der Waals surface area contributed by atoms with E-state index in [4.69, 9.17) is 23.2 Å². The van der Waals surface area contributed by atoms with Gasteiger partial charge in [0.15, 0.2) is 0 Å². The Morgan fingerprint density at radius 1 is 1.06 bits per heavy atom. The number of aryl methyl sites for hydroxylation is 2. The lowest BCUT2D eigenvalue weighted by Gasteiger charge is -2.33. The number of sulfonamides is 1. The number of hydrogen-bond acceptors (Lipinski definition) is 4. The van der Waals surface area contributed by atoms with Crippen molar-refractivity contribution in [2.75, 3.05) is 24.2 Å². The van der Waals surface area contributed by atoms with Gasteiger partial charge in [-0.05, 0) is 61.2 Å². The van der Waals surface area contributed by atoms with Crippen molar-refractivity contribution >= 4 is 50.7 Å². The van der Waals surface area contributed by atoms with Crippen molar-refractivity contribution in [3.63, 3.8) is 0 Å². The lowest BCUT2D eigenvalue weighted by molar-refractivity contribution is -0.140. The summed E-state index contributed by atoms with van der Waals surface area (Å²) < 4.78 is 26.3. The smallest absolute Gasteiger partial charge is 0.244 e. The number of anilines is 1. The van der Waals surface area contributed by atoms with Crippen molar-refractivity contribution in [3.8, 4) is 0 Å². The number of nitrogens with zero attached hydrogens (tertiary/aromatic N) is 2. The van der Waals surface area contributed by atoms with E-state index < -0.39 is 28.5 Å². The Morgan fingerprint density at radius 3 is 2.15 bits per heavy atom. The van der Waals surface area contributed by atoms with Gasteiger partial charge in [-0.2, -0.15) is 0 Å². The Hall–Kier alpha value is -2.29. The Balaban J connectivity index is 2.49. The molecule has 33 heavy (non-hydrogen) atoms. The minimum absolute atomic E-state index is 0.0191. The first kappa shape index (κ1) is 27.0. The zero-order valence-corrected chi connectivity index (χ0v) is 21.7. The van der Waals surface area contributed by atoms with Gasteiger partial charge in [-0.1, -0.05) is 42.3 Å². The molecule has 180 valence electrons. The zero-order valence-electron chi connectivity index (χ0n) is 19.4. The molecule has 0 aliphatic heterocycles. The molecule has 0 saturated carbocycles. The van der Waals surface area contributed by atoms with Crippen LogP contribution in [0.5, 0.6) is 0 Å². The summed E-state index contributed by atoms with van der Waals surface area (Å²) >= 11 is 12.3. The highest BCUT2D eigenvalue weighted by atomic mass is 35.5. The minimum atomic E-state index is -3.78. The van der Waals surface area contributed by atoms with Gasteiger partial charge in [-0.25, -0.2) is 8.42 Å². The van der Waals surface area contributed by atoms with Crippen LogP contribution in [-0.2, 0) is 26.2 Å². The summed E-state index contributed by atoms with van der Waals surface area (Å²) in [6.45, 7) is 5.05. The lowest BCUT2D eigenvalue weighted by Crippen LogP contribution is -2.51. The molecule has 0 heterocycles. The van der Waals surface area contributed by atoms with Crippen LogP contribution in [0.15, 0.2) is 36.4 Å². The van der Waals surface area contributed by atoms with Crippen molar-refractivity contribution in [1.29, 1.82) is 0 Å². The largest absolute Gasteiger partial charge is 0.357 e. The van der Waals surface area contributed by atoms with E-state index >= 15 is 0 Å². The van der Waals surface area contributed by atoms with Crippen molar-refractivity contribution in [1.82, 2.24) is 10.2 Å². The van der Waals surface area contributed by atoms with E-state index in [0.717, 1.165) is 21.7 Å². The monoisotopic (exact) mass is 513 g/mol.